The average molecular weight is 979 g/mol. The van der Waals surface area contributed by atoms with Gasteiger partial charge in [-0.1, -0.05) is 133 Å². The highest BCUT2D eigenvalue weighted by molar-refractivity contribution is 7.47. The lowest BCUT2D eigenvalue weighted by atomic mass is 9.85. The van der Waals surface area contributed by atoms with Crippen LogP contribution in [0.5, 0.6) is 0 Å². The Bertz CT molecular complexity index is 1570. The highest BCUT2D eigenvalue weighted by atomic mass is 31.2. The van der Waals surface area contributed by atoms with Gasteiger partial charge in [0, 0.05) is 19.3 Å². The van der Waals surface area contributed by atoms with Crippen LogP contribution in [0, 0.1) is 0 Å². The molecule has 0 aromatic rings. The smallest absolute Gasteiger partial charge is 0.462 e. The molecule has 0 aliphatic heterocycles. The van der Waals surface area contributed by atoms with E-state index >= 15 is 0 Å². The van der Waals surface area contributed by atoms with Crippen molar-refractivity contribution in [1.29, 1.82) is 0 Å². The van der Waals surface area contributed by atoms with Gasteiger partial charge in [-0.2, -0.15) is 0 Å². The molecule has 380 valence electrons. The molecule has 19 heteroatoms. The number of hydrogen-bond acceptors (Lipinski definition) is 14. The molecule has 1 aliphatic carbocycles. The molecule has 66 heavy (non-hydrogen) atoms. The van der Waals surface area contributed by atoms with E-state index in [1.807, 2.05) is 36.5 Å². The molecule has 1 saturated carbocycles. The summed E-state index contributed by atoms with van der Waals surface area (Å²) in [7, 11) is -10.7. The fraction of sp³-hybridized carbons (Fsp3) is 0.723. The van der Waals surface area contributed by atoms with Crippen molar-refractivity contribution in [2.45, 2.75) is 204 Å². The lowest BCUT2D eigenvalue weighted by molar-refractivity contribution is -0.216. The number of carbonyl (C=O) groups excluding carboxylic acids is 3. The molecule has 0 heterocycles. The standard InChI is InChI=1S/C47H80O17P2/c1-3-5-7-8-9-10-11-12-13-14-17-21-24-27-31-35-41(50)62-39(37-61-66(58,59)64-47-44(53)42(51)43(52)46(45(47)54)63-65(55,56)57)36-60-40(49)34-30-26-23-20-18-15-16-19-22-25-29-33-38(48)32-28-6-4-2/h10-11,15-16,20,22-23,25,29,33,39,42-47,51-54H,3-9,12-14,17-19,21,24,26-28,30-32,34-37H2,1-2H3,(H,58,59)(H2,55,56,57)/b11-10-,16-15-,23-20-,25-22-,33-29+/t39-,42?,43?,44?,45?,46-,47+/m1/s1. The molecule has 1 aliphatic rings. The van der Waals surface area contributed by atoms with Crippen molar-refractivity contribution in [3.8, 4) is 0 Å². The van der Waals surface area contributed by atoms with Gasteiger partial charge in [0.15, 0.2) is 11.9 Å². The lowest BCUT2D eigenvalue weighted by Crippen LogP contribution is -2.64. The van der Waals surface area contributed by atoms with Crippen LogP contribution in [0.2, 0.25) is 0 Å². The maximum absolute atomic E-state index is 13.0. The predicted molar refractivity (Wildman–Crippen MR) is 251 cm³/mol. The number of aliphatic hydroxyl groups excluding tert-OH is 4. The summed E-state index contributed by atoms with van der Waals surface area (Å²) >= 11 is 0. The number of phosphoric ester groups is 2. The van der Waals surface area contributed by atoms with E-state index in [-0.39, 0.29) is 18.6 Å². The first-order valence-electron chi connectivity index (χ1n) is 23.8. The van der Waals surface area contributed by atoms with Gasteiger partial charge >= 0.3 is 27.6 Å². The van der Waals surface area contributed by atoms with E-state index in [1.54, 1.807) is 12.2 Å². The van der Waals surface area contributed by atoms with Crippen LogP contribution in [-0.4, -0.2) is 109 Å². The Morgan fingerprint density at radius 3 is 1.67 bits per heavy atom. The maximum Gasteiger partial charge on any atom is 0.472 e. The SMILES string of the molecule is CCCCCC/C=C\CCCCCCCCCC(=O)O[C@H](COC(=O)CCC/C=C\C/C=C\C/C=C\C=C\C(=O)CCCCC)COP(=O)(O)O[C@H]1C(O)C(O)C(O)[C@@H](OP(=O)(O)O)C1O. The van der Waals surface area contributed by atoms with Gasteiger partial charge < -0.3 is 44.6 Å². The highest BCUT2D eigenvalue weighted by Gasteiger charge is 2.54. The van der Waals surface area contributed by atoms with E-state index in [0.29, 0.717) is 32.1 Å². The van der Waals surface area contributed by atoms with E-state index < -0.39 is 83.5 Å². The molecule has 5 unspecified atom stereocenters. The first-order chi connectivity index (χ1) is 31.5. The van der Waals surface area contributed by atoms with Gasteiger partial charge in [0.05, 0.1) is 6.61 Å². The number of hydrogen-bond donors (Lipinski definition) is 7. The summed E-state index contributed by atoms with van der Waals surface area (Å²) in [5, 5.41) is 41.2. The van der Waals surface area contributed by atoms with Crippen LogP contribution in [0.1, 0.15) is 162 Å². The van der Waals surface area contributed by atoms with Crippen molar-refractivity contribution in [1.82, 2.24) is 0 Å². The van der Waals surface area contributed by atoms with E-state index in [2.05, 4.69) is 30.5 Å². The fourth-order valence-electron chi connectivity index (χ4n) is 6.79. The molecule has 0 amide bonds. The van der Waals surface area contributed by atoms with E-state index in [9.17, 15) is 48.8 Å². The van der Waals surface area contributed by atoms with Crippen molar-refractivity contribution in [2.24, 2.45) is 0 Å². The minimum atomic E-state index is -5.38. The predicted octanol–water partition coefficient (Wildman–Crippen LogP) is 8.24. The van der Waals surface area contributed by atoms with Crippen LogP contribution in [0.15, 0.2) is 60.8 Å². The number of ether oxygens (including phenoxy) is 2. The first-order valence-corrected chi connectivity index (χ1v) is 26.8. The summed E-state index contributed by atoms with van der Waals surface area (Å²) in [5.41, 5.74) is 0. The number of rotatable bonds is 39. The Balaban J connectivity index is 2.65. The number of carbonyl (C=O) groups is 3. The van der Waals surface area contributed by atoms with Crippen LogP contribution < -0.4 is 0 Å². The molecular formula is C47H80O17P2. The number of ketones is 1. The largest absolute Gasteiger partial charge is 0.472 e. The molecule has 17 nitrogen and oxygen atoms in total. The topological polar surface area (TPSA) is 273 Å². The van der Waals surface area contributed by atoms with Gasteiger partial charge in [-0.3, -0.25) is 28.0 Å². The third kappa shape index (κ3) is 31.4. The van der Waals surface area contributed by atoms with E-state index in [1.165, 1.54) is 25.7 Å². The monoisotopic (exact) mass is 978 g/mol. The molecule has 0 bridgehead atoms. The Kier molecular flexibility index (Phi) is 34.7. The summed E-state index contributed by atoms with van der Waals surface area (Å²) < 4.78 is 49.3. The minimum absolute atomic E-state index is 0.0133. The third-order valence-electron chi connectivity index (χ3n) is 10.5. The Labute approximate surface area is 392 Å². The first kappa shape index (κ1) is 61.4. The second-order valence-electron chi connectivity index (χ2n) is 16.5. The average Bonchev–Trinajstić information content (AvgIpc) is 3.26. The van der Waals surface area contributed by atoms with E-state index in [4.69, 9.17) is 28.3 Å². The summed E-state index contributed by atoms with van der Waals surface area (Å²) in [6.07, 6.45) is 24.5. The number of allylic oxidation sites excluding steroid dienone is 10. The van der Waals surface area contributed by atoms with Crippen LogP contribution in [-0.2, 0) is 46.6 Å². The summed E-state index contributed by atoms with van der Waals surface area (Å²) in [6.45, 7) is 2.88. The lowest BCUT2D eigenvalue weighted by Gasteiger charge is -2.43. The zero-order chi connectivity index (χ0) is 49.1. The van der Waals surface area contributed by atoms with Crippen LogP contribution in [0.25, 0.3) is 0 Å². The van der Waals surface area contributed by atoms with Gasteiger partial charge in [-0.25, -0.2) is 9.13 Å². The number of esters is 2. The van der Waals surface area contributed by atoms with Gasteiger partial charge in [-0.15, -0.1) is 0 Å². The number of unbranched alkanes of at least 4 members (excludes halogenated alkanes) is 14. The van der Waals surface area contributed by atoms with Crippen molar-refractivity contribution in [3.05, 3.63) is 60.8 Å². The molecule has 1 rings (SSSR count). The van der Waals surface area contributed by atoms with Gasteiger partial charge in [0.2, 0.25) is 0 Å². The number of phosphoric acid groups is 2. The highest BCUT2D eigenvalue weighted by Crippen LogP contribution is 2.49. The van der Waals surface area contributed by atoms with Crippen molar-refractivity contribution in [3.63, 3.8) is 0 Å². The molecule has 0 aromatic heterocycles. The summed E-state index contributed by atoms with van der Waals surface area (Å²) in [4.78, 5) is 66.0. The quantitative estimate of drug-likeness (QED) is 0.00763. The fourth-order valence-corrected chi connectivity index (χ4v) is 8.33. The summed E-state index contributed by atoms with van der Waals surface area (Å²) in [5.74, 6) is -1.19. The van der Waals surface area contributed by atoms with Crippen LogP contribution in [0.3, 0.4) is 0 Å². The Morgan fingerprint density at radius 1 is 0.530 bits per heavy atom. The minimum Gasteiger partial charge on any atom is -0.462 e. The van der Waals surface area contributed by atoms with Gasteiger partial charge in [0.25, 0.3) is 0 Å². The third-order valence-corrected chi connectivity index (χ3v) is 12.0. The molecule has 0 spiro atoms. The molecule has 0 aromatic carbocycles. The van der Waals surface area contributed by atoms with Gasteiger partial charge in [0.1, 0.15) is 43.2 Å². The molecule has 0 saturated heterocycles. The Morgan fingerprint density at radius 2 is 1.03 bits per heavy atom. The number of aliphatic hydroxyl groups is 4. The second-order valence-corrected chi connectivity index (χ2v) is 19.1. The zero-order valence-electron chi connectivity index (χ0n) is 39.1. The van der Waals surface area contributed by atoms with Crippen LogP contribution >= 0.6 is 15.6 Å². The molecular weight excluding hydrogens is 898 g/mol. The molecule has 8 atom stereocenters. The van der Waals surface area contributed by atoms with Crippen LogP contribution in [0.4, 0.5) is 0 Å². The molecule has 7 N–H and O–H groups in total. The maximum atomic E-state index is 13.0. The second kappa shape index (κ2) is 37.3. The van der Waals surface area contributed by atoms with E-state index in [0.717, 1.165) is 77.0 Å². The van der Waals surface area contributed by atoms with Crippen molar-refractivity contribution >= 4 is 33.4 Å². The van der Waals surface area contributed by atoms with Gasteiger partial charge in [-0.05, 0) is 70.3 Å². The summed E-state index contributed by atoms with van der Waals surface area (Å²) in [6, 6.07) is 0. The molecule has 1 fully saturated rings. The normalized spacial score (nSPS) is 22.0. The molecule has 0 radical (unpaired) electrons. The Hall–Kier alpha value is -2.63. The van der Waals surface area contributed by atoms with Crippen molar-refractivity contribution < 1.29 is 81.7 Å². The van der Waals surface area contributed by atoms with Crippen molar-refractivity contribution in [2.75, 3.05) is 13.2 Å². The zero-order valence-corrected chi connectivity index (χ0v) is 40.9.